The number of nitrogens with zero attached hydrogens (tertiary/aromatic N) is 4. The van der Waals surface area contributed by atoms with E-state index in [2.05, 4.69) is 4.98 Å². The van der Waals surface area contributed by atoms with Gasteiger partial charge in [0.25, 0.3) is 5.56 Å². The molecule has 0 aromatic carbocycles. The predicted octanol–water partition coefficient (Wildman–Crippen LogP) is 1.52. The van der Waals surface area contributed by atoms with Crippen LogP contribution in [0.3, 0.4) is 0 Å². The largest absolute Gasteiger partial charge is 0.408 e. The molecule has 0 radical (unpaired) electrons. The van der Waals surface area contributed by atoms with Gasteiger partial charge in [-0.3, -0.25) is 9.36 Å². The molecule has 3 aliphatic rings. The highest BCUT2D eigenvalue weighted by atomic mass is 19.4. The molecule has 1 aromatic rings. The first kappa shape index (κ1) is 19.5. The van der Waals surface area contributed by atoms with E-state index in [-0.39, 0.29) is 49.6 Å². The SMILES string of the molecule is CC(C)(O)CCN1c2nc(N3C[C@@H]4C[C@H]3CO4)cc(=O)n2CC[C@H]1C(F)(F)F. The van der Waals surface area contributed by atoms with Gasteiger partial charge in [-0.25, -0.2) is 0 Å². The van der Waals surface area contributed by atoms with Crippen molar-refractivity contribution in [2.75, 3.05) is 29.5 Å². The molecule has 0 unspecified atom stereocenters. The van der Waals surface area contributed by atoms with Gasteiger partial charge in [0.15, 0.2) is 0 Å². The van der Waals surface area contributed by atoms with Gasteiger partial charge in [-0.15, -0.1) is 0 Å². The predicted molar refractivity (Wildman–Crippen MR) is 96.7 cm³/mol. The third-order valence-corrected chi connectivity index (χ3v) is 5.77. The van der Waals surface area contributed by atoms with Crippen LogP contribution in [0.4, 0.5) is 24.9 Å². The van der Waals surface area contributed by atoms with Crippen molar-refractivity contribution >= 4 is 11.8 Å². The van der Waals surface area contributed by atoms with E-state index in [1.54, 1.807) is 13.8 Å². The first-order chi connectivity index (χ1) is 13.0. The molecule has 0 aliphatic carbocycles. The molecule has 0 amide bonds. The van der Waals surface area contributed by atoms with Crippen molar-refractivity contribution in [2.45, 2.75) is 69.6 Å². The standard InChI is InChI=1S/C18H25F3N4O3/c1-17(2,27)4-6-23-13(18(19,20)21)3-5-24-15(26)8-14(22-16(23)24)25-9-12-7-11(25)10-28-12/h8,11-13,27H,3-7,9-10H2,1-2H3/t11-,12-,13-/m0/s1. The van der Waals surface area contributed by atoms with Crippen LogP contribution in [0.25, 0.3) is 0 Å². The topological polar surface area (TPSA) is 70.8 Å². The van der Waals surface area contributed by atoms with Gasteiger partial charge in [-0.05, 0) is 33.1 Å². The fourth-order valence-corrected chi connectivity index (χ4v) is 4.28. The molecule has 0 spiro atoms. The summed E-state index contributed by atoms with van der Waals surface area (Å²) in [5.41, 5.74) is -1.47. The minimum absolute atomic E-state index is 0.0280. The third kappa shape index (κ3) is 3.59. The molecule has 1 N–H and O–H groups in total. The van der Waals surface area contributed by atoms with Gasteiger partial charge < -0.3 is 19.6 Å². The Morgan fingerprint density at radius 1 is 1.36 bits per heavy atom. The van der Waals surface area contributed by atoms with E-state index in [1.165, 1.54) is 10.6 Å². The number of hydrogen-bond acceptors (Lipinski definition) is 6. The molecule has 0 saturated carbocycles. The summed E-state index contributed by atoms with van der Waals surface area (Å²) in [6.07, 6.45) is -3.61. The van der Waals surface area contributed by atoms with Crippen molar-refractivity contribution in [3.63, 3.8) is 0 Å². The Morgan fingerprint density at radius 2 is 2.11 bits per heavy atom. The van der Waals surface area contributed by atoms with Gasteiger partial charge in [-0.1, -0.05) is 0 Å². The van der Waals surface area contributed by atoms with Crippen LogP contribution in [0, 0.1) is 0 Å². The number of aromatic nitrogens is 2. The minimum Gasteiger partial charge on any atom is -0.390 e. The Bertz CT molecular complexity index is 805. The number of halogens is 3. The summed E-state index contributed by atoms with van der Waals surface area (Å²) in [5.74, 6) is 0.437. The number of aliphatic hydroxyl groups is 1. The molecule has 156 valence electrons. The van der Waals surface area contributed by atoms with E-state index < -0.39 is 17.8 Å². The molecule has 3 aliphatic heterocycles. The molecule has 3 atom stereocenters. The molecule has 4 heterocycles. The van der Waals surface area contributed by atoms with Crippen molar-refractivity contribution in [1.82, 2.24) is 9.55 Å². The van der Waals surface area contributed by atoms with Crippen LogP contribution in [-0.4, -0.2) is 64.3 Å². The van der Waals surface area contributed by atoms with Gasteiger partial charge in [0.05, 0.1) is 24.4 Å². The summed E-state index contributed by atoms with van der Waals surface area (Å²) in [6, 6.07) is -0.214. The van der Waals surface area contributed by atoms with Crippen LogP contribution in [0.2, 0.25) is 0 Å². The maximum Gasteiger partial charge on any atom is 0.408 e. The van der Waals surface area contributed by atoms with E-state index in [0.717, 1.165) is 11.3 Å². The lowest BCUT2D eigenvalue weighted by atomic mass is 10.0. The van der Waals surface area contributed by atoms with E-state index >= 15 is 0 Å². The van der Waals surface area contributed by atoms with E-state index in [9.17, 15) is 23.1 Å². The Kier molecular flexibility index (Phi) is 4.61. The number of hydrogen-bond donors (Lipinski definition) is 1. The summed E-state index contributed by atoms with van der Waals surface area (Å²) in [4.78, 5) is 20.3. The second-order valence-electron chi connectivity index (χ2n) is 8.50. The van der Waals surface area contributed by atoms with E-state index in [4.69, 9.17) is 4.74 Å². The summed E-state index contributed by atoms with van der Waals surface area (Å²) in [6.45, 7) is 4.17. The van der Waals surface area contributed by atoms with Crippen LogP contribution in [0.1, 0.15) is 33.1 Å². The lowest BCUT2D eigenvalue weighted by molar-refractivity contribution is -0.153. The quantitative estimate of drug-likeness (QED) is 0.824. The number of anilines is 2. The lowest BCUT2D eigenvalue weighted by Crippen LogP contribution is -2.53. The second-order valence-corrected chi connectivity index (χ2v) is 8.50. The lowest BCUT2D eigenvalue weighted by Gasteiger charge is -2.40. The van der Waals surface area contributed by atoms with E-state index in [1.807, 2.05) is 4.90 Å². The first-order valence-electron chi connectivity index (χ1n) is 9.59. The molecule has 2 fully saturated rings. The molecular formula is C18H25F3N4O3. The van der Waals surface area contributed by atoms with E-state index in [0.29, 0.717) is 19.0 Å². The fraction of sp³-hybridized carbons (Fsp3) is 0.778. The number of rotatable bonds is 4. The van der Waals surface area contributed by atoms with Crippen LogP contribution in [-0.2, 0) is 11.3 Å². The van der Waals surface area contributed by atoms with Gasteiger partial charge >= 0.3 is 6.18 Å². The summed E-state index contributed by atoms with van der Waals surface area (Å²) in [7, 11) is 0. The van der Waals surface area contributed by atoms with Crippen molar-refractivity contribution < 1.29 is 23.0 Å². The number of alkyl halides is 3. The summed E-state index contributed by atoms with van der Waals surface area (Å²) < 4.78 is 47.9. The molecule has 28 heavy (non-hydrogen) atoms. The fourth-order valence-electron chi connectivity index (χ4n) is 4.28. The average Bonchev–Trinajstić information content (AvgIpc) is 3.21. The Balaban J connectivity index is 1.72. The first-order valence-corrected chi connectivity index (χ1v) is 9.59. The molecule has 10 heteroatoms. The molecule has 4 rings (SSSR count). The van der Waals surface area contributed by atoms with Crippen molar-refractivity contribution in [1.29, 1.82) is 0 Å². The Morgan fingerprint density at radius 3 is 2.68 bits per heavy atom. The van der Waals surface area contributed by atoms with Crippen LogP contribution < -0.4 is 15.4 Å². The maximum atomic E-state index is 13.7. The Hall–Kier alpha value is -1.81. The molecule has 7 nitrogen and oxygen atoms in total. The van der Waals surface area contributed by atoms with Gasteiger partial charge in [0.2, 0.25) is 5.95 Å². The maximum absolute atomic E-state index is 13.7. The van der Waals surface area contributed by atoms with Gasteiger partial charge in [-0.2, -0.15) is 18.2 Å². The zero-order valence-electron chi connectivity index (χ0n) is 15.9. The van der Waals surface area contributed by atoms with Crippen LogP contribution in [0.5, 0.6) is 0 Å². The van der Waals surface area contributed by atoms with Crippen molar-refractivity contribution in [3.8, 4) is 0 Å². The Labute approximate surface area is 160 Å². The molecule has 2 saturated heterocycles. The van der Waals surface area contributed by atoms with Gasteiger partial charge in [0, 0.05) is 25.7 Å². The summed E-state index contributed by atoms with van der Waals surface area (Å²) >= 11 is 0. The number of fused-ring (bicyclic) bond motifs is 3. The highest BCUT2D eigenvalue weighted by Gasteiger charge is 2.47. The van der Waals surface area contributed by atoms with Gasteiger partial charge in [0.1, 0.15) is 11.9 Å². The second kappa shape index (κ2) is 6.62. The zero-order chi connectivity index (χ0) is 20.3. The van der Waals surface area contributed by atoms with Crippen molar-refractivity contribution in [2.24, 2.45) is 0 Å². The number of morpholine rings is 1. The van der Waals surface area contributed by atoms with Crippen LogP contribution >= 0.6 is 0 Å². The average molecular weight is 402 g/mol. The summed E-state index contributed by atoms with van der Waals surface area (Å²) in [5, 5.41) is 10.0. The monoisotopic (exact) mass is 402 g/mol. The third-order valence-electron chi connectivity index (χ3n) is 5.77. The van der Waals surface area contributed by atoms with Crippen molar-refractivity contribution in [3.05, 3.63) is 16.4 Å². The smallest absolute Gasteiger partial charge is 0.390 e. The highest BCUT2D eigenvalue weighted by molar-refractivity contribution is 5.49. The zero-order valence-corrected chi connectivity index (χ0v) is 15.9. The normalized spacial score (nSPS) is 27.4. The highest BCUT2D eigenvalue weighted by Crippen LogP contribution is 2.36. The minimum atomic E-state index is -4.45. The molecular weight excluding hydrogens is 377 g/mol. The molecule has 1 aromatic heterocycles. The molecule has 2 bridgehead atoms. The number of ether oxygens (including phenoxy) is 1. The van der Waals surface area contributed by atoms with Crippen LogP contribution in [0.15, 0.2) is 10.9 Å².